The van der Waals surface area contributed by atoms with E-state index in [1.54, 1.807) is 61.5 Å². The number of amides is 1. The molecule has 0 saturated heterocycles. The standard InChI is InChI=1S/C22H19N3O3S2/c1-14-7-9-16(10-8-14)21(26)24-22-23-18-13-17(11-12-19(18)29-22)25-30(27,28)20-6-4-3-5-15(20)2/h3-13,25H,1-2H3,(H,23,24,26). The average molecular weight is 438 g/mol. The molecular weight excluding hydrogens is 418 g/mol. The molecule has 0 aliphatic rings. The van der Waals surface area contributed by atoms with Gasteiger partial charge in [-0.2, -0.15) is 0 Å². The second-order valence-electron chi connectivity index (χ2n) is 6.89. The highest BCUT2D eigenvalue weighted by atomic mass is 32.2. The molecule has 6 nitrogen and oxygen atoms in total. The zero-order chi connectivity index (χ0) is 21.3. The van der Waals surface area contributed by atoms with Crippen molar-refractivity contribution >= 4 is 48.3 Å². The van der Waals surface area contributed by atoms with E-state index in [0.29, 0.717) is 27.5 Å². The molecule has 0 unspecified atom stereocenters. The fraction of sp³-hybridized carbons (Fsp3) is 0.0909. The Hall–Kier alpha value is -3.23. The zero-order valence-corrected chi connectivity index (χ0v) is 18.0. The second kappa shape index (κ2) is 7.89. The lowest BCUT2D eigenvalue weighted by molar-refractivity contribution is 0.102. The molecular formula is C22H19N3O3S2. The Kier molecular flexibility index (Phi) is 5.27. The van der Waals surface area contributed by atoms with Crippen molar-refractivity contribution in [2.45, 2.75) is 18.7 Å². The lowest BCUT2D eigenvalue weighted by Crippen LogP contribution is -2.14. The summed E-state index contributed by atoms with van der Waals surface area (Å²) in [4.78, 5) is 17.1. The van der Waals surface area contributed by atoms with Crippen molar-refractivity contribution in [3.63, 3.8) is 0 Å². The molecule has 0 radical (unpaired) electrons. The number of hydrogen-bond donors (Lipinski definition) is 2. The highest BCUT2D eigenvalue weighted by Crippen LogP contribution is 2.29. The lowest BCUT2D eigenvalue weighted by atomic mass is 10.1. The van der Waals surface area contributed by atoms with Crippen LogP contribution in [0.2, 0.25) is 0 Å². The molecule has 0 aliphatic carbocycles. The molecule has 4 aromatic rings. The van der Waals surface area contributed by atoms with Gasteiger partial charge in [0.1, 0.15) is 0 Å². The summed E-state index contributed by atoms with van der Waals surface area (Å²) in [6, 6.07) is 19.2. The molecule has 3 aromatic carbocycles. The van der Waals surface area contributed by atoms with Crippen LogP contribution in [0.4, 0.5) is 10.8 Å². The Morgan fingerprint density at radius 2 is 1.70 bits per heavy atom. The molecule has 152 valence electrons. The van der Waals surface area contributed by atoms with Crippen LogP contribution in [-0.2, 0) is 10.0 Å². The van der Waals surface area contributed by atoms with E-state index < -0.39 is 10.0 Å². The molecule has 1 heterocycles. The van der Waals surface area contributed by atoms with Crippen LogP contribution in [0.15, 0.2) is 71.6 Å². The van der Waals surface area contributed by atoms with E-state index >= 15 is 0 Å². The summed E-state index contributed by atoms with van der Waals surface area (Å²) >= 11 is 1.33. The van der Waals surface area contributed by atoms with Gasteiger partial charge < -0.3 is 0 Å². The first-order valence-electron chi connectivity index (χ1n) is 9.19. The molecule has 0 spiro atoms. The third kappa shape index (κ3) is 4.19. The smallest absolute Gasteiger partial charge is 0.262 e. The maximum atomic E-state index is 12.7. The number of nitrogens with zero attached hydrogens (tertiary/aromatic N) is 1. The fourth-order valence-corrected chi connectivity index (χ4v) is 5.12. The van der Waals surface area contributed by atoms with Gasteiger partial charge in [0.2, 0.25) is 0 Å². The van der Waals surface area contributed by atoms with E-state index in [0.717, 1.165) is 10.3 Å². The summed E-state index contributed by atoms with van der Waals surface area (Å²) in [5, 5.41) is 3.25. The van der Waals surface area contributed by atoms with Crippen molar-refractivity contribution in [3.05, 3.63) is 83.4 Å². The minimum atomic E-state index is -3.71. The summed E-state index contributed by atoms with van der Waals surface area (Å²) in [6.07, 6.45) is 0. The van der Waals surface area contributed by atoms with Crippen molar-refractivity contribution in [1.82, 2.24) is 4.98 Å². The van der Waals surface area contributed by atoms with Gasteiger partial charge in [-0.1, -0.05) is 47.2 Å². The number of benzene rings is 3. The van der Waals surface area contributed by atoms with E-state index in [4.69, 9.17) is 0 Å². The summed E-state index contributed by atoms with van der Waals surface area (Å²) in [7, 11) is -3.71. The van der Waals surface area contributed by atoms with E-state index in [9.17, 15) is 13.2 Å². The number of anilines is 2. The van der Waals surface area contributed by atoms with Gasteiger partial charge in [0.05, 0.1) is 20.8 Å². The van der Waals surface area contributed by atoms with Gasteiger partial charge >= 0.3 is 0 Å². The van der Waals surface area contributed by atoms with Gasteiger partial charge in [0.15, 0.2) is 5.13 Å². The van der Waals surface area contributed by atoms with Gasteiger partial charge in [-0.25, -0.2) is 13.4 Å². The first-order chi connectivity index (χ1) is 14.3. The topological polar surface area (TPSA) is 88.2 Å². The molecule has 0 saturated carbocycles. The Balaban J connectivity index is 1.56. The molecule has 4 rings (SSSR count). The van der Waals surface area contributed by atoms with Crippen LogP contribution in [-0.4, -0.2) is 19.3 Å². The van der Waals surface area contributed by atoms with Gasteiger partial charge in [0.25, 0.3) is 15.9 Å². The van der Waals surface area contributed by atoms with Crippen LogP contribution >= 0.6 is 11.3 Å². The third-order valence-corrected chi connectivity index (χ3v) is 7.05. The van der Waals surface area contributed by atoms with Crippen LogP contribution < -0.4 is 10.0 Å². The van der Waals surface area contributed by atoms with Crippen LogP contribution in [0.3, 0.4) is 0 Å². The van der Waals surface area contributed by atoms with Crippen LogP contribution in [0.25, 0.3) is 10.2 Å². The van der Waals surface area contributed by atoms with E-state index in [1.165, 1.54) is 11.3 Å². The molecule has 1 amide bonds. The Labute approximate surface area is 178 Å². The lowest BCUT2D eigenvalue weighted by Gasteiger charge is -2.10. The zero-order valence-electron chi connectivity index (χ0n) is 16.3. The van der Waals surface area contributed by atoms with Crippen molar-refractivity contribution in [2.75, 3.05) is 10.0 Å². The largest absolute Gasteiger partial charge is 0.298 e. The van der Waals surface area contributed by atoms with Crippen LogP contribution in [0, 0.1) is 13.8 Å². The first-order valence-corrected chi connectivity index (χ1v) is 11.5. The minimum Gasteiger partial charge on any atom is -0.298 e. The number of nitrogens with one attached hydrogen (secondary N) is 2. The van der Waals surface area contributed by atoms with E-state index in [-0.39, 0.29) is 10.8 Å². The Morgan fingerprint density at radius 1 is 0.967 bits per heavy atom. The van der Waals surface area contributed by atoms with Crippen LogP contribution in [0.5, 0.6) is 0 Å². The maximum absolute atomic E-state index is 12.7. The molecule has 0 fully saturated rings. The van der Waals surface area contributed by atoms with Crippen molar-refractivity contribution in [2.24, 2.45) is 0 Å². The van der Waals surface area contributed by atoms with Gasteiger partial charge in [0, 0.05) is 5.56 Å². The summed E-state index contributed by atoms with van der Waals surface area (Å²) in [5.74, 6) is -0.241. The number of sulfonamides is 1. The average Bonchev–Trinajstić information content (AvgIpc) is 3.09. The Bertz CT molecular complexity index is 1340. The molecule has 8 heteroatoms. The molecule has 0 bridgehead atoms. The summed E-state index contributed by atoms with van der Waals surface area (Å²) in [6.45, 7) is 3.71. The number of rotatable bonds is 5. The van der Waals surface area contributed by atoms with Gasteiger partial charge in [-0.05, 0) is 55.8 Å². The molecule has 0 aliphatic heterocycles. The van der Waals surface area contributed by atoms with Crippen molar-refractivity contribution < 1.29 is 13.2 Å². The number of hydrogen-bond acceptors (Lipinski definition) is 5. The number of fused-ring (bicyclic) bond motifs is 1. The normalized spacial score (nSPS) is 11.4. The van der Waals surface area contributed by atoms with Crippen molar-refractivity contribution in [3.8, 4) is 0 Å². The molecule has 2 N–H and O–H groups in total. The van der Waals surface area contributed by atoms with Gasteiger partial charge in [-0.3, -0.25) is 14.8 Å². The van der Waals surface area contributed by atoms with E-state index in [1.807, 2.05) is 19.1 Å². The fourth-order valence-electron chi connectivity index (χ4n) is 2.99. The molecule has 0 atom stereocenters. The van der Waals surface area contributed by atoms with Crippen molar-refractivity contribution in [1.29, 1.82) is 0 Å². The highest BCUT2D eigenvalue weighted by molar-refractivity contribution is 7.92. The first kappa shape index (κ1) is 20.1. The van der Waals surface area contributed by atoms with Crippen LogP contribution in [0.1, 0.15) is 21.5 Å². The summed E-state index contributed by atoms with van der Waals surface area (Å²) in [5.41, 5.74) is 3.30. The molecule has 1 aromatic heterocycles. The predicted molar refractivity (Wildman–Crippen MR) is 121 cm³/mol. The second-order valence-corrected chi connectivity index (χ2v) is 9.57. The van der Waals surface area contributed by atoms with Gasteiger partial charge in [-0.15, -0.1) is 0 Å². The quantitative estimate of drug-likeness (QED) is 0.462. The maximum Gasteiger partial charge on any atom is 0.262 e. The SMILES string of the molecule is Cc1ccc(C(=O)Nc2nc3cc(NS(=O)(=O)c4ccccc4C)ccc3s2)cc1. The number of carbonyl (C=O) groups is 1. The summed E-state index contributed by atoms with van der Waals surface area (Å²) < 4.78 is 28.8. The number of aryl methyl sites for hydroxylation is 2. The Morgan fingerprint density at radius 3 is 2.43 bits per heavy atom. The highest BCUT2D eigenvalue weighted by Gasteiger charge is 2.17. The van der Waals surface area contributed by atoms with E-state index in [2.05, 4.69) is 15.0 Å². The number of thiazole rings is 1. The predicted octanol–water partition coefficient (Wildman–Crippen LogP) is 4.97. The molecule has 30 heavy (non-hydrogen) atoms. The minimum absolute atomic E-state index is 0.231. The number of carbonyl (C=O) groups excluding carboxylic acids is 1. The number of aromatic nitrogens is 1. The third-order valence-electron chi connectivity index (χ3n) is 4.56. The monoisotopic (exact) mass is 437 g/mol.